The molecule has 68 heavy (non-hydrogen) atoms. The Morgan fingerprint density at radius 2 is 0.603 bits per heavy atom. The maximum absolute atomic E-state index is 6.40. The van der Waals surface area contributed by atoms with Gasteiger partial charge in [0.05, 0.1) is 0 Å². The van der Waals surface area contributed by atoms with Crippen molar-refractivity contribution in [2.45, 2.75) is 38.5 Å². The highest BCUT2D eigenvalue weighted by atomic mass is 16.5. The molecule has 1 aliphatic carbocycles. The molecule has 10 aromatic rings. The lowest BCUT2D eigenvalue weighted by Gasteiger charge is -2.34. The van der Waals surface area contributed by atoms with E-state index in [1.165, 1.54) is 83.5 Å². The summed E-state index contributed by atoms with van der Waals surface area (Å²) in [5.41, 5.74) is 22.8. The second-order valence-corrected chi connectivity index (χ2v) is 19.4. The minimum atomic E-state index is -0.189. The van der Waals surface area contributed by atoms with Crippen molar-refractivity contribution in [2.75, 3.05) is 4.90 Å². The maximum Gasteiger partial charge on any atom is 0.131 e. The highest BCUT2D eigenvalue weighted by Gasteiger charge is 2.36. The molecule has 1 aliphatic heterocycles. The summed E-state index contributed by atoms with van der Waals surface area (Å²) in [6.45, 7) is 9.32. The Kier molecular flexibility index (Phi) is 9.88. The standard InChI is InChI=1S/C66H51NO/c1-65(2)59-20-11-12-21-63(59)68-64-39-30-53(43-62(64)65)48-26-35-56(36-27-48)67(54-31-22-46(23-32-54)50-19-13-18-49(40-50)44-14-7-5-8-15-44)55-33-24-47(25-34-55)52-29-38-58-57-37-28-51(45-16-9-6-10-17-45)41-60(57)66(3,4)61(58)42-52/h5-43H,1-4H3. The van der Waals surface area contributed by atoms with Gasteiger partial charge < -0.3 is 9.64 Å². The van der Waals surface area contributed by atoms with Crippen LogP contribution in [0.5, 0.6) is 11.5 Å². The van der Waals surface area contributed by atoms with Gasteiger partial charge in [-0.2, -0.15) is 0 Å². The molecule has 326 valence electrons. The van der Waals surface area contributed by atoms with E-state index in [1.54, 1.807) is 0 Å². The second kappa shape index (κ2) is 16.3. The van der Waals surface area contributed by atoms with Gasteiger partial charge in [0, 0.05) is 39.0 Å². The number of anilines is 3. The fraction of sp³-hybridized carbons (Fsp3) is 0.0909. The summed E-state index contributed by atoms with van der Waals surface area (Å²) in [5.74, 6) is 1.86. The van der Waals surface area contributed by atoms with Crippen molar-refractivity contribution in [3.63, 3.8) is 0 Å². The molecular weight excluding hydrogens is 823 g/mol. The molecule has 0 bridgehead atoms. The quantitative estimate of drug-likeness (QED) is 0.151. The number of hydrogen-bond donors (Lipinski definition) is 0. The highest BCUT2D eigenvalue weighted by Crippen LogP contribution is 2.52. The molecule has 12 rings (SSSR count). The predicted octanol–water partition coefficient (Wildman–Crippen LogP) is 18.2. The van der Waals surface area contributed by atoms with Crippen LogP contribution in [0.2, 0.25) is 0 Å². The zero-order valence-electron chi connectivity index (χ0n) is 38.9. The number of ether oxygens (including phenoxy) is 1. The lowest BCUT2D eigenvalue weighted by atomic mass is 9.75. The van der Waals surface area contributed by atoms with Crippen molar-refractivity contribution in [3.8, 4) is 78.3 Å². The van der Waals surface area contributed by atoms with E-state index in [0.717, 1.165) is 34.1 Å². The lowest BCUT2D eigenvalue weighted by Crippen LogP contribution is -2.24. The lowest BCUT2D eigenvalue weighted by molar-refractivity contribution is 0.418. The molecule has 0 saturated heterocycles. The Bertz CT molecular complexity index is 3490. The third kappa shape index (κ3) is 7.12. The summed E-state index contributed by atoms with van der Waals surface area (Å²) in [6.07, 6.45) is 0. The fourth-order valence-electron chi connectivity index (χ4n) is 10.7. The molecular formula is C66H51NO. The van der Waals surface area contributed by atoms with Crippen LogP contribution in [0.4, 0.5) is 17.1 Å². The summed E-state index contributed by atoms with van der Waals surface area (Å²) >= 11 is 0. The summed E-state index contributed by atoms with van der Waals surface area (Å²) < 4.78 is 6.40. The first-order chi connectivity index (χ1) is 33.2. The van der Waals surface area contributed by atoms with Gasteiger partial charge in [0.25, 0.3) is 0 Å². The van der Waals surface area contributed by atoms with Crippen molar-refractivity contribution in [3.05, 3.63) is 259 Å². The first-order valence-electron chi connectivity index (χ1n) is 23.7. The Hall–Kier alpha value is -8.20. The minimum Gasteiger partial charge on any atom is -0.457 e. The van der Waals surface area contributed by atoms with Crippen molar-refractivity contribution in [2.24, 2.45) is 0 Å². The number of rotatable bonds is 8. The molecule has 0 radical (unpaired) electrons. The zero-order chi connectivity index (χ0) is 46.0. The van der Waals surface area contributed by atoms with Crippen LogP contribution in [0.3, 0.4) is 0 Å². The number of hydrogen-bond acceptors (Lipinski definition) is 2. The first-order valence-corrected chi connectivity index (χ1v) is 23.7. The Labute approximate surface area is 400 Å². The average Bonchev–Trinajstić information content (AvgIpc) is 3.62. The molecule has 0 amide bonds. The molecule has 0 spiro atoms. The van der Waals surface area contributed by atoms with Crippen LogP contribution in [0.1, 0.15) is 49.9 Å². The van der Waals surface area contributed by atoms with Crippen LogP contribution in [0.15, 0.2) is 237 Å². The molecule has 0 N–H and O–H groups in total. The van der Waals surface area contributed by atoms with Crippen LogP contribution >= 0.6 is 0 Å². The normalized spacial score (nSPS) is 13.6. The second-order valence-electron chi connectivity index (χ2n) is 19.4. The van der Waals surface area contributed by atoms with Gasteiger partial charge in [0.15, 0.2) is 0 Å². The van der Waals surface area contributed by atoms with E-state index in [1.807, 2.05) is 6.07 Å². The maximum atomic E-state index is 6.40. The third-order valence-corrected chi connectivity index (χ3v) is 14.6. The van der Waals surface area contributed by atoms with Gasteiger partial charge in [0.2, 0.25) is 0 Å². The van der Waals surface area contributed by atoms with Gasteiger partial charge >= 0.3 is 0 Å². The molecule has 0 atom stereocenters. The molecule has 10 aromatic carbocycles. The Balaban J connectivity index is 0.882. The van der Waals surface area contributed by atoms with Crippen LogP contribution in [-0.4, -0.2) is 0 Å². The number of nitrogens with zero attached hydrogens (tertiary/aromatic N) is 1. The largest absolute Gasteiger partial charge is 0.457 e. The summed E-state index contributed by atoms with van der Waals surface area (Å²) in [6, 6.07) is 86.2. The Morgan fingerprint density at radius 3 is 1.09 bits per heavy atom. The molecule has 2 nitrogen and oxygen atoms in total. The van der Waals surface area contributed by atoms with E-state index in [4.69, 9.17) is 4.74 Å². The average molecular weight is 874 g/mol. The van der Waals surface area contributed by atoms with Crippen molar-refractivity contribution >= 4 is 17.1 Å². The molecule has 0 unspecified atom stereocenters. The van der Waals surface area contributed by atoms with E-state index in [0.29, 0.717) is 0 Å². The number of benzene rings is 10. The summed E-state index contributed by atoms with van der Waals surface area (Å²) in [4.78, 5) is 2.37. The number of para-hydroxylation sites is 1. The SMILES string of the molecule is CC1(C)c2ccccc2Oc2ccc(-c3ccc(N(c4ccc(-c5cccc(-c6ccccc6)c5)cc4)c4ccc(-c5ccc6c(c5)C(C)(C)c5cc(-c7ccccc7)ccc5-6)cc4)cc3)cc21. The highest BCUT2D eigenvalue weighted by molar-refractivity contribution is 5.87. The van der Waals surface area contributed by atoms with E-state index < -0.39 is 0 Å². The molecule has 2 aliphatic rings. The zero-order valence-corrected chi connectivity index (χ0v) is 38.9. The van der Waals surface area contributed by atoms with Crippen molar-refractivity contribution < 1.29 is 4.74 Å². The van der Waals surface area contributed by atoms with Gasteiger partial charge in [-0.05, 0) is 151 Å². The van der Waals surface area contributed by atoms with Crippen LogP contribution in [0.25, 0.3) is 66.8 Å². The first kappa shape index (κ1) is 41.2. The molecule has 0 fully saturated rings. The van der Waals surface area contributed by atoms with Crippen molar-refractivity contribution in [1.29, 1.82) is 0 Å². The monoisotopic (exact) mass is 873 g/mol. The van der Waals surface area contributed by atoms with Crippen LogP contribution < -0.4 is 9.64 Å². The predicted molar refractivity (Wildman–Crippen MR) is 285 cm³/mol. The van der Waals surface area contributed by atoms with Crippen LogP contribution in [0, 0.1) is 0 Å². The van der Waals surface area contributed by atoms with Crippen LogP contribution in [-0.2, 0) is 10.8 Å². The Morgan fingerprint density at radius 1 is 0.265 bits per heavy atom. The third-order valence-electron chi connectivity index (χ3n) is 14.6. The van der Waals surface area contributed by atoms with Gasteiger partial charge in [-0.15, -0.1) is 0 Å². The molecule has 0 aromatic heterocycles. The van der Waals surface area contributed by atoms with Gasteiger partial charge in [-0.1, -0.05) is 191 Å². The summed E-state index contributed by atoms with van der Waals surface area (Å²) in [7, 11) is 0. The van der Waals surface area contributed by atoms with E-state index >= 15 is 0 Å². The van der Waals surface area contributed by atoms with E-state index in [2.05, 4.69) is 263 Å². The van der Waals surface area contributed by atoms with Crippen molar-refractivity contribution in [1.82, 2.24) is 0 Å². The number of fused-ring (bicyclic) bond motifs is 5. The molecule has 2 heteroatoms. The smallest absolute Gasteiger partial charge is 0.131 e. The molecule has 1 heterocycles. The topological polar surface area (TPSA) is 12.5 Å². The van der Waals surface area contributed by atoms with E-state index in [-0.39, 0.29) is 10.8 Å². The summed E-state index contributed by atoms with van der Waals surface area (Å²) in [5, 5.41) is 0. The van der Waals surface area contributed by atoms with Gasteiger partial charge in [0.1, 0.15) is 11.5 Å². The minimum absolute atomic E-state index is 0.127. The molecule has 0 saturated carbocycles. The van der Waals surface area contributed by atoms with E-state index in [9.17, 15) is 0 Å². The van der Waals surface area contributed by atoms with Gasteiger partial charge in [-0.3, -0.25) is 0 Å². The fourth-order valence-corrected chi connectivity index (χ4v) is 10.7. The van der Waals surface area contributed by atoms with Gasteiger partial charge in [-0.25, -0.2) is 0 Å².